The number of carboxylic acids is 1. The van der Waals surface area contributed by atoms with Crippen LogP contribution in [0.4, 0.5) is 0 Å². The number of carbonyl (C=O) groups is 1. The maximum absolute atomic E-state index is 11.8. The van der Waals surface area contributed by atoms with E-state index in [1.165, 1.54) is 0 Å². The van der Waals surface area contributed by atoms with Crippen LogP contribution in [0.15, 0.2) is 30.3 Å². The molecule has 0 radical (unpaired) electrons. The van der Waals surface area contributed by atoms with Crippen molar-refractivity contribution in [2.75, 3.05) is 0 Å². The van der Waals surface area contributed by atoms with Gasteiger partial charge >= 0.3 is 5.97 Å². The molecule has 3 aromatic rings. The van der Waals surface area contributed by atoms with E-state index in [-0.39, 0.29) is 17.4 Å². The molecule has 0 fully saturated rings. The predicted octanol–water partition coefficient (Wildman–Crippen LogP) is 6.20. The van der Waals surface area contributed by atoms with Gasteiger partial charge in [0.25, 0.3) is 0 Å². The summed E-state index contributed by atoms with van der Waals surface area (Å²) in [5, 5.41) is 18.5. The normalized spacial score (nSPS) is 13.5. The molecule has 0 amide bonds. The minimum Gasteiger partial charge on any atom is -0.481 e. The van der Waals surface area contributed by atoms with Gasteiger partial charge in [-0.05, 0) is 72.8 Å². The van der Waals surface area contributed by atoms with Gasteiger partial charge in [-0.3, -0.25) is 4.79 Å². The summed E-state index contributed by atoms with van der Waals surface area (Å²) >= 11 is 0. The SMILES string of the molecule is CCn1nnc2c(C)c([C@@H](CC(=O)O)c3ccc(C)c(CO[Si](C)(C)C(C)(C)C)c3)ccc21. The Balaban J connectivity index is 2.02. The zero-order valence-corrected chi connectivity index (χ0v) is 22.2. The molecule has 0 aliphatic carbocycles. The first-order valence-corrected chi connectivity index (χ1v) is 14.5. The molecule has 0 saturated heterocycles. The highest BCUT2D eigenvalue weighted by Crippen LogP contribution is 2.38. The summed E-state index contributed by atoms with van der Waals surface area (Å²) in [5.41, 5.74) is 7.03. The molecular formula is C26H37N3O3Si. The van der Waals surface area contributed by atoms with E-state index in [1.807, 2.05) is 36.7 Å². The second-order valence-electron chi connectivity index (χ2n) is 10.4. The van der Waals surface area contributed by atoms with Gasteiger partial charge in [0, 0.05) is 12.5 Å². The Bertz CT molecular complexity index is 1160. The van der Waals surface area contributed by atoms with E-state index in [0.29, 0.717) is 6.61 Å². The number of hydrogen-bond acceptors (Lipinski definition) is 4. The summed E-state index contributed by atoms with van der Waals surface area (Å²) in [4.78, 5) is 11.8. The number of aliphatic carboxylic acids is 1. The third kappa shape index (κ3) is 5.19. The fourth-order valence-corrected chi connectivity index (χ4v) is 4.86. The third-order valence-electron chi connectivity index (χ3n) is 7.21. The van der Waals surface area contributed by atoms with Crippen molar-refractivity contribution in [1.29, 1.82) is 0 Å². The van der Waals surface area contributed by atoms with Crippen LogP contribution in [0.1, 0.15) is 67.9 Å². The van der Waals surface area contributed by atoms with Crippen molar-refractivity contribution in [3.63, 3.8) is 0 Å². The first-order valence-electron chi connectivity index (χ1n) is 11.6. The molecule has 7 heteroatoms. The highest BCUT2D eigenvalue weighted by molar-refractivity contribution is 6.74. The van der Waals surface area contributed by atoms with Crippen LogP contribution in [0.25, 0.3) is 11.0 Å². The molecule has 0 unspecified atom stereocenters. The van der Waals surface area contributed by atoms with Crippen LogP contribution in [0.3, 0.4) is 0 Å². The molecule has 178 valence electrons. The highest BCUT2D eigenvalue weighted by Gasteiger charge is 2.37. The molecule has 1 heterocycles. The molecular weight excluding hydrogens is 430 g/mol. The Kier molecular flexibility index (Phi) is 7.15. The predicted molar refractivity (Wildman–Crippen MR) is 135 cm³/mol. The summed E-state index contributed by atoms with van der Waals surface area (Å²) in [6.45, 7) is 18.6. The van der Waals surface area contributed by atoms with E-state index in [9.17, 15) is 9.90 Å². The first kappa shape index (κ1) is 25.1. The summed E-state index contributed by atoms with van der Waals surface area (Å²) in [7, 11) is -1.90. The lowest BCUT2D eigenvalue weighted by molar-refractivity contribution is -0.137. The maximum atomic E-state index is 11.8. The molecule has 0 aliphatic heterocycles. The lowest BCUT2D eigenvalue weighted by atomic mass is 9.84. The quantitative estimate of drug-likeness (QED) is 0.399. The largest absolute Gasteiger partial charge is 0.481 e. The van der Waals surface area contributed by atoms with Crippen LogP contribution in [0.5, 0.6) is 0 Å². The van der Waals surface area contributed by atoms with Crippen molar-refractivity contribution in [3.05, 3.63) is 58.1 Å². The standard InChI is InChI=1S/C26H37N3O3Si/c1-9-29-23-13-12-21(18(3)25(23)27-28-29)22(15-24(30)31)19-11-10-17(2)20(14-19)16-32-33(7,8)26(4,5)6/h10-14,22H,9,15-16H2,1-8H3,(H,30,31)/t22-/m0/s1. The Morgan fingerprint density at radius 3 is 2.48 bits per heavy atom. The van der Waals surface area contributed by atoms with Crippen molar-refractivity contribution in [3.8, 4) is 0 Å². The van der Waals surface area contributed by atoms with E-state index in [2.05, 4.69) is 63.2 Å². The molecule has 1 aromatic heterocycles. The van der Waals surface area contributed by atoms with Gasteiger partial charge in [-0.25, -0.2) is 4.68 Å². The number of hydrogen-bond donors (Lipinski definition) is 1. The summed E-state index contributed by atoms with van der Waals surface area (Å²) < 4.78 is 8.34. The molecule has 0 aliphatic rings. The van der Waals surface area contributed by atoms with E-state index in [0.717, 1.165) is 45.4 Å². The number of benzene rings is 2. The Hall–Kier alpha value is -2.51. The van der Waals surface area contributed by atoms with E-state index in [1.54, 1.807) is 0 Å². The second kappa shape index (κ2) is 9.39. The van der Waals surface area contributed by atoms with Gasteiger partial charge in [0.05, 0.1) is 18.5 Å². The van der Waals surface area contributed by atoms with E-state index in [4.69, 9.17) is 4.43 Å². The smallest absolute Gasteiger partial charge is 0.304 e. The van der Waals surface area contributed by atoms with Gasteiger partial charge < -0.3 is 9.53 Å². The van der Waals surface area contributed by atoms with Gasteiger partial charge in [-0.15, -0.1) is 5.10 Å². The number of carboxylic acid groups (broad SMARTS) is 1. The van der Waals surface area contributed by atoms with Crippen molar-refractivity contribution >= 4 is 25.3 Å². The van der Waals surface area contributed by atoms with Crippen LogP contribution >= 0.6 is 0 Å². The van der Waals surface area contributed by atoms with E-state index < -0.39 is 14.3 Å². The second-order valence-corrected chi connectivity index (χ2v) is 15.2. The van der Waals surface area contributed by atoms with Crippen LogP contribution in [-0.4, -0.2) is 34.4 Å². The first-order chi connectivity index (χ1) is 15.4. The average molecular weight is 468 g/mol. The van der Waals surface area contributed by atoms with Crippen LogP contribution < -0.4 is 0 Å². The third-order valence-corrected chi connectivity index (χ3v) is 11.7. The number of rotatable bonds is 8. The number of aromatic nitrogens is 3. The monoisotopic (exact) mass is 467 g/mol. The Labute approximate surface area is 198 Å². The highest BCUT2D eigenvalue weighted by atomic mass is 28.4. The van der Waals surface area contributed by atoms with Gasteiger partial charge in [0.2, 0.25) is 0 Å². The zero-order chi connectivity index (χ0) is 24.6. The number of nitrogens with zero attached hydrogens (tertiary/aromatic N) is 3. The van der Waals surface area contributed by atoms with Crippen molar-refractivity contribution < 1.29 is 14.3 Å². The molecule has 2 aromatic carbocycles. The van der Waals surface area contributed by atoms with Crippen molar-refractivity contribution in [2.24, 2.45) is 0 Å². The average Bonchev–Trinajstić information content (AvgIpc) is 3.15. The van der Waals surface area contributed by atoms with Crippen LogP contribution in [0.2, 0.25) is 18.1 Å². The summed E-state index contributed by atoms with van der Waals surface area (Å²) in [6, 6.07) is 10.3. The number of aryl methyl sites for hydroxylation is 3. The lowest BCUT2D eigenvalue weighted by Crippen LogP contribution is -2.40. The van der Waals surface area contributed by atoms with Gasteiger partial charge in [-0.2, -0.15) is 0 Å². The minimum absolute atomic E-state index is 0.0137. The Morgan fingerprint density at radius 2 is 1.88 bits per heavy atom. The van der Waals surface area contributed by atoms with Gasteiger partial charge in [0.1, 0.15) is 5.52 Å². The number of fused-ring (bicyclic) bond motifs is 1. The molecule has 0 saturated carbocycles. The molecule has 1 N–H and O–H groups in total. The molecule has 0 bridgehead atoms. The molecule has 33 heavy (non-hydrogen) atoms. The molecule has 3 rings (SSSR count). The zero-order valence-electron chi connectivity index (χ0n) is 21.2. The van der Waals surface area contributed by atoms with Crippen molar-refractivity contribution in [1.82, 2.24) is 15.0 Å². The molecule has 1 atom stereocenters. The van der Waals surface area contributed by atoms with Crippen LogP contribution in [-0.2, 0) is 22.4 Å². The summed E-state index contributed by atoms with van der Waals surface area (Å²) in [5.74, 6) is -1.10. The van der Waals surface area contributed by atoms with Gasteiger partial charge in [-0.1, -0.05) is 50.3 Å². The van der Waals surface area contributed by atoms with Crippen molar-refractivity contribution in [2.45, 2.75) is 85.2 Å². The fourth-order valence-electron chi connectivity index (χ4n) is 3.91. The summed E-state index contributed by atoms with van der Waals surface area (Å²) in [6.07, 6.45) is 0.0137. The molecule has 6 nitrogen and oxygen atoms in total. The Morgan fingerprint density at radius 1 is 1.18 bits per heavy atom. The van der Waals surface area contributed by atoms with Gasteiger partial charge in [0.15, 0.2) is 8.32 Å². The fraction of sp³-hybridized carbons (Fsp3) is 0.500. The maximum Gasteiger partial charge on any atom is 0.304 e. The molecule has 0 spiro atoms. The van der Waals surface area contributed by atoms with E-state index >= 15 is 0 Å². The lowest BCUT2D eigenvalue weighted by Gasteiger charge is -2.36. The minimum atomic E-state index is -1.90. The topological polar surface area (TPSA) is 77.2 Å². The van der Waals surface area contributed by atoms with Crippen LogP contribution in [0, 0.1) is 13.8 Å².